The minimum Gasteiger partial charge on any atom is -0.332 e. The van der Waals surface area contributed by atoms with Gasteiger partial charge in [-0.1, -0.05) is 11.3 Å². The summed E-state index contributed by atoms with van der Waals surface area (Å²) in [6, 6.07) is 6.29. The van der Waals surface area contributed by atoms with E-state index in [9.17, 15) is 4.79 Å². The van der Waals surface area contributed by atoms with Gasteiger partial charge in [-0.05, 0) is 49.8 Å². The molecule has 2 aliphatic carbocycles. The molecule has 0 saturated heterocycles. The first kappa shape index (κ1) is 14.6. The maximum Gasteiger partial charge on any atom is 0.256 e. The number of amides is 1. The number of para-hydroxylation sites is 1. The van der Waals surface area contributed by atoms with Crippen LogP contribution in [0.15, 0.2) is 24.4 Å². The molecule has 1 aromatic carbocycles. The second-order valence-corrected chi connectivity index (χ2v) is 7.10. The van der Waals surface area contributed by atoms with Gasteiger partial charge in [0.25, 0.3) is 5.91 Å². The summed E-state index contributed by atoms with van der Waals surface area (Å²) in [5.41, 5.74) is 4.75. The van der Waals surface area contributed by atoms with Crippen LogP contribution >= 0.6 is 0 Å². The number of rotatable bonds is 3. The number of nitrogens with one attached hydrogen (secondary N) is 1. The van der Waals surface area contributed by atoms with Gasteiger partial charge in [-0.25, -0.2) is 4.68 Å². The number of hydrogen-bond donors (Lipinski definition) is 1. The van der Waals surface area contributed by atoms with Crippen molar-refractivity contribution in [3.63, 3.8) is 0 Å². The Bertz CT molecular complexity index is 954. The Kier molecular flexibility index (Phi) is 3.16. The molecule has 0 bridgehead atoms. The van der Waals surface area contributed by atoms with Gasteiger partial charge in [0.1, 0.15) is 11.0 Å². The van der Waals surface area contributed by atoms with Gasteiger partial charge in [0.15, 0.2) is 0 Å². The highest BCUT2D eigenvalue weighted by Gasteiger charge is 2.39. The molecule has 7 heteroatoms. The number of carbonyl (C=O) groups excluding carboxylic acids is 1. The summed E-state index contributed by atoms with van der Waals surface area (Å²) in [6.07, 6.45) is 6.92. The van der Waals surface area contributed by atoms with Crippen LogP contribution in [0.5, 0.6) is 0 Å². The number of nitrogens with zero attached hydrogens (tertiary/aromatic N) is 5. The van der Waals surface area contributed by atoms with Gasteiger partial charge in [0.05, 0.1) is 11.8 Å². The Morgan fingerprint density at radius 3 is 3.00 bits per heavy atom. The summed E-state index contributed by atoms with van der Waals surface area (Å²) in [6.45, 7) is 0. The molecule has 2 aromatic heterocycles. The molecular weight excluding hydrogens is 316 g/mol. The third-order valence-electron chi connectivity index (χ3n) is 5.41. The second kappa shape index (κ2) is 5.40. The quantitative estimate of drug-likeness (QED) is 0.792. The predicted molar refractivity (Wildman–Crippen MR) is 92.1 cm³/mol. The third-order valence-corrected chi connectivity index (χ3v) is 5.41. The first-order valence-corrected chi connectivity index (χ1v) is 8.84. The normalized spacial score (nSPS) is 19.8. The molecule has 2 heterocycles. The zero-order valence-corrected chi connectivity index (χ0v) is 14.1. The van der Waals surface area contributed by atoms with Crippen LogP contribution in [-0.2, 0) is 19.9 Å². The molecule has 128 valence electrons. The van der Waals surface area contributed by atoms with Gasteiger partial charge in [-0.15, -0.1) is 5.10 Å². The number of fused-ring (bicyclic) bond motifs is 2. The Hall–Kier alpha value is -2.70. The molecule has 1 fully saturated rings. The van der Waals surface area contributed by atoms with E-state index < -0.39 is 0 Å². The first-order valence-electron chi connectivity index (χ1n) is 8.84. The molecule has 5 rings (SSSR count). The van der Waals surface area contributed by atoms with Crippen LogP contribution in [-0.4, -0.2) is 48.1 Å². The minimum absolute atomic E-state index is 0.107. The van der Waals surface area contributed by atoms with Crippen LogP contribution in [0.1, 0.15) is 40.9 Å². The first-order chi connectivity index (χ1) is 12.2. The van der Waals surface area contributed by atoms with Crippen molar-refractivity contribution < 1.29 is 4.79 Å². The smallest absolute Gasteiger partial charge is 0.256 e. The fourth-order valence-electron chi connectivity index (χ4n) is 4.04. The molecule has 0 radical (unpaired) electrons. The molecule has 2 aliphatic rings. The predicted octanol–water partition coefficient (Wildman–Crippen LogP) is 1.85. The lowest BCUT2D eigenvalue weighted by molar-refractivity contribution is 0.0644. The lowest BCUT2D eigenvalue weighted by atomic mass is 9.91. The largest absolute Gasteiger partial charge is 0.332 e. The van der Waals surface area contributed by atoms with Gasteiger partial charge in [0.2, 0.25) is 0 Å². The minimum atomic E-state index is 0.107. The molecule has 0 spiro atoms. The molecule has 1 atom stereocenters. The highest BCUT2D eigenvalue weighted by molar-refractivity contribution is 6.05. The average Bonchev–Trinajstić information content (AvgIpc) is 3.21. The van der Waals surface area contributed by atoms with Crippen LogP contribution in [0.25, 0.3) is 11.0 Å². The zero-order chi connectivity index (χ0) is 17.0. The van der Waals surface area contributed by atoms with Crippen molar-refractivity contribution in [1.29, 1.82) is 0 Å². The molecule has 1 unspecified atom stereocenters. The van der Waals surface area contributed by atoms with Gasteiger partial charge < -0.3 is 4.90 Å². The summed E-state index contributed by atoms with van der Waals surface area (Å²) < 4.78 is 1.70. The van der Waals surface area contributed by atoms with Crippen molar-refractivity contribution in [2.24, 2.45) is 7.05 Å². The standard InChI is InChI=1S/C18H20N6O/c1-23-17-14(3-2-4-16(17)21-22-23)18(25)24(12-5-6-12)13-7-8-15-11(9-13)10-19-20-15/h2-4,10,12-13H,5-9H2,1H3,(H,19,20). The van der Waals surface area contributed by atoms with E-state index in [1.807, 2.05) is 31.4 Å². The fourth-order valence-corrected chi connectivity index (χ4v) is 4.04. The van der Waals surface area contributed by atoms with E-state index in [-0.39, 0.29) is 11.9 Å². The highest BCUT2D eigenvalue weighted by atomic mass is 16.2. The Morgan fingerprint density at radius 1 is 1.28 bits per heavy atom. The van der Waals surface area contributed by atoms with E-state index in [1.54, 1.807) is 4.68 Å². The number of benzene rings is 1. The molecule has 25 heavy (non-hydrogen) atoms. The summed E-state index contributed by atoms with van der Waals surface area (Å²) in [4.78, 5) is 15.6. The zero-order valence-electron chi connectivity index (χ0n) is 14.1. The van der Waals surface area contributed by atoms with E-state index in [4.69, 9.17) is 0 Å². The van der Waals surface area contributed by atoms with Gasteiger partial charge in [-0.3, -0.25) is 9.89 Å². The molecule has 7 nitrogen and oxygen atoms in total. The molecule has 1 amide bonds. The van der Waals surface area contributed by atoms with Crippen LogP contribution in [0.4, 0.5) is 0 Å². The van der Waals surface area contributed by atoms with E-state index in [1.165, 1.54) is 11.3 Å². The maximum absolute atomic E-state index is 13.5. The van der Waals surface area contributed by atoms with E-state index in [2.05, 4.69) is 25.4 Å². The van der Waals surface area contributed by atoms with Gasteiger partial charge in [-0.2, -0.15) is 5.10 Å². The maximum atomic E-state index is 13.5. The number of aromatic amines is 1. The number of aromatic nitrogens is 5. The van der Waals surface area contributed by atoms with E-state index in [0.717, 1.165) is 43.1 Å². The van der Waals surface area contributed by atoms with Crippen LogP contribution in [0, 0.1) is 0 Å². The van der Waals surface area contributed by atoms with Crippen LogP contribution < -0.4 is 0 Å². The molecule has 0 aliphatic heterocycles. The van der Waals surface area contributed by atoms with Crippen molar-refractivity contribution >= 4 is 16.9 Å². The number of carbonyl (C=O) groups is 1. The monoisotopic (exact) mass is 336 g/mol. The molecule has 1 N–H and O–H groups in total. The Morgan fingerprint density at radius 2 is 2.16 bits per heavy atom. The average molecular weight is 336 g/mol. The van der Waals surface area contributed by atoms with E-state index in [0.29, 0.717) is 11.6 Å². The lowest BCUT2D eigenvalue weighted by Crippen LogP contribution is -2.45. The van der Waals surface area contributed by atoms with Crippen molar-refractivity contribution in [1.82, 2.24) is 30.1 Å². The van der Waals surface area contributed by atoms with Crippen molar-refractivity contribution in [2.75, 3.05) is 0 Å². The third kappa shape index (κ3) is 2.33. The highest BCUT2D eigenvalue weighted by Crippen LogP contribution is 2.35. The number of hydrogen-bond acceptors (Lipinski definition) is 4. The number of H-pyrrole nitrogens is 1. The van der Waals surface area contributed by atoms with Crippen molar-refractivity contribution in [3.05, 3.63) is 41.2 Å². The van der Waals surface area contributed by atoms with Crippen LogP contribution in [0.3, 0.4) is 0 Å². The Balaban J connectivity index is 1.52. The SMILES string of the molecule is Cn1nnc2cccc(C(=O)N(C3CC3)C3CCc4[nH]ncc4C3)c21. The van der Waals surface area contributed by atoms with Crippen molar-refractivity contribution in [3.8, 4) is 0 Å². The van der Waals surface area contributed by atoms with E-state index >= 15 is 0 Å². The lowest BCUT2D eigenvalue weighted by Gasteiger charge is -2.34. The molecule has 3 aromatic rings. The summed E-state index contributed by atoms with van der Waals surface area (Å²) in [7, 11) is 1.84. The Labute approximate surface area is 145 Å². The van der Waals surface area contributed by atoms with Crippen LogP contribution in [0.2, 0.25) is 0 Å². The molecule has 1 saturated carbocycles. The molecular formula is C18H20N6O. The topological polar surface area (TPSA) is 79.7 Å². The van der Waals surface area contributed by atoms with Gasteiger partial charge in [0, 0.05) is 24.8 Å². The summed E-state index contributed by atoms with van der Waals surface area (Å²) in [5.74, 6) is 0.107. The summed E-state index contributed by atoms with van der Waals surface area (Å²) in [5, 5.41) is 15.5. The number of aryl methyl sites for hydroxylation is 2. The summed E-state index contributed by atoms with van der Waals surface area (Å²) >= 11 is 0. The fraction of sp³-hybridized carbons (Fsp3) is 0.444. The van der Waals surface area contributed by atoms with Gasteiger partial charge >= 0.3 is 0 Å². The second-order valence-electron chi connectivity index (χ2n) is 7.10. The van der Waals surface area contributed by atoms with Crippen molar-refractivity contribution in [2.45, 2.75) is 44.2 Å².